The molecule has 0 unspecified atom stereocenters. The third-order valence-electron chi connectivity index (χ3n) is 6.10. The van der Waals surface area contributed by atoms with Crippen LogP contribution in [0.2, 0.25) is 6.04 Å². The van der Waals surface area contributed by atoms with Gasteiger partial charge in [0.2, 0.25) is 5.52 Å². The zero-order valence-electron chi connectivity index (χ0n) is 22.1. The molecule has 5 heteroatoms. The predicted octanol–water partition coefficient (Wildman–Crippen LogP) is 11.5. The lowest BCUT2D eigenvalue weighted by Crippen LogP contribution is -2.25. The molecule has 0 saturated heterocycles. The van der Waals surface area contributed by atoms with Crippen molar-refractivity contribution in [3.8, 4) is 0 Å². The van der Waals surface area contributed by atoms with Crippen LogP contribution >= 0.6 is 46.3 Å². The van der Waals surface area contributed by atoms with Gasteiger partial charge in [-0.05, 0) is 54.7 Å². The normalized spacial score (nSPS) is 12.0. The van der Waals surface area contributed by atoms with Gasteiger partial charge in [-0.25, -0.2) is 0 Å². The van der Waals surface area contributed by atoms with Crippen LogP contribution < -0.4 is 0 Å². The molecule has 0 spiro atoms. The van der Waals surface area contributed by atoms with Crippen LogP contribution in [0.1, 0.15) is 143 Å². The number of hydrogen-bond acceptors (Lipinski definition) is 4. The summed E-state index contributed by atoms with van der Waals surface area (Å²) >= 11 is 11.9. The molecule has 0 atom stereocenters. The Labute approximate surface area is 222 Å². The van der Waals surface area contributed by atoms with Crippen LogP contribution in [0.25, 0.3) is 0 Å². The van der Waals surface area contributed by atoms with E-state index in [-0.39, 0.29) is 0 Å². The Morgan fingerprint density at radius 2 is 0.750 bits per heavy atom. The highest BCUT2D eigenvalue weighted by atomic mass is 32.8. The van der Waals surface area contributed by atoms with Crippen molar-refractivity contribution < 1.29 is 0 Å². The quantitative estimate of drug-likeness (QED) is 0.0627. The van der Waals surface area contributed by atoms with Gasteiger partial charge in [0.15, 0.2) is 0 Å². The van der Waals surface area contributed by atoms with Gasteiger partial charge in [0, 0.05) is 0 Å². The maximum atomic E-state index is 4.60. The van der Waals surface area contributed by atoms with E-state index in [1.54, 1.807) is 0 Å². The van der Waals surface area contributed by atoms with Crippen LogP contribution in [0.15, 0.2) is 0 Å². The molecular weight excluding hydrogens is 481 g/mol. The van der Waals surface area contributed by atoms with Crippen LogP contribution in [0.5, 0.6) is 0 Å². The van der Waals surface area contributed by atoms with E-state index in [1.807, 2.05) is 0 Å². The molecule has 0 aromatic rings. The number of unbranched alkanes of at least 4 members (excludes halogenated alkanes) is 15. The topological polar surface area (TPSA) is 0 Å². The second-order valence-electron chi connectivity index (χ2n) is 9.36. The molecule has 0 heterocycles. The van der Waals surface area contributed by atoms with Crippen molar-refractivity contribution in [2.75, 3.05) is 23.0 Å². The predicted molar refractivity (Wildman–Crippen MR) is 167 cm³/mol. The van der Waals surface area contributed by atoms with Gasteiger partial charge < -0.3 is 0 Å². The standard InChI is InChI=1S/C27H58S4Si/c1-4-7-10-13-16-19-24-29-32(27-22-23-28,30-25-20-17-14-11-8-5-2)31-26-21-18-15-12-9-6-3/h28H,4-27H2,1-3H3. The molecule has 0 aromatic heterocycles. The summed E-state index contributed by atoms with van der Waals surface area (Å²) in [6, 6.07) is 1.47. The lowest BCUT2D eigenvalue weighted by molar-refractivity contribution is 0.627. The number of rotatable bonds is 27. The Morgan fingerprint density at radius 3 is 1.06 bits per heavy atom. The summed E-state index contributed by atoms with van der Waals surface area (Å²) in [6.07, 6.45) is 27.1. The Morgan fingerprint density at radius 1 is 0.438 bits per heavy atom. The molecule has 32 heavy (non-hydrogen) atoms. The van der Waals surface area contributed by atoms with Crippen molar-refractivity contribution in [2.45, 2.75) is 149 Å². The van der Waals surface area contributed by atoms with Crippen molar-refractivity contribution in [1.82, 2.24) is 0 Å². The zero-order valence-corrected chi connectivity index (χ0v) is 26.5. The number of hydrogen-bond donors (Lipinski definition) is 1. The van der Waals surface area contributed by atoms with Crippen molar-refractivity contribution in [2.24, 2.45) is 0 Å². The second-order valence-corrected chi connectivity index (χ2v) is 25.0. The van der Waals surface area contributed by atoms with Crippen molar-refractivity contribution in [3.05, 3.63) is 0 Å². The summed E-state index contributed by atoms with van der Waals surface area (Å²) in [4.78, 5) is 0. The maximum Gasteiger partial charge on any atom is 0.237 e. The van der Waals surface area contributed by atoms with E-state index in [0.717, 1.165) is 5.75 Å². The fraction of sp³-hybridized carbons (Fsp3) is 1.00. The van der Waals surface area contributed by atoms with Gasteiger partial charge in [-0.3, -0.25) is 0 Å². The minimum absolute atomic E-state index is 1.07. The first-order valence-corrected chi connectivity index (χ1v) is 22.2. The minimum Gasteiger partial charge on any atom is -0.179 e. The van der Waals surface area contributed by atoms with Crippen molar-refractivity contribution >= 4 is 51.8 Å². The molecule has 0 aliphatic carbocycles. The summed E-state index contributed by atoms with van der Waals surface area (Å²) in [5.74, 6) is 5.31. The first-order chi connectivity index (χ1) is 15.7. The average molecular weight is 539 g/mol. The Kier molecular flexibility index (Phi) is 28.6. The molecular formula is C27H58S4Si. The molecule has 0 aromatic carbocycles. The highest BCUT2D eigenvalue weighted by molar-refractivity contribution is 8.81. The number of thiol groups is 1. The van der Waals surface area contributed by atoms with Crippen LogP contribution in [0.3, 0.4) is 0 Å². The highest BCUT2D eigenvalue weighted by Crippen LogP contribution is 2.47. The van der Waals surface area contributed by atoms with Crippen LogP contribution in [0.4, 0.5) is 0 Å². The molecule has 0 nitrogen and oxygen atoms in total. The van der Waals surface area contributed by atoms with Gasteiger partial charge in [-0.15, -0.1) is 0 Å². The Balaban J connectivity index is 4.51. The van der Waals surface area contributed by atoms with Gasteiger partial charge in [0.1, 0.15) is 0 Å². The lowest BCUT2D eigenvalue weighted by atomic mass is 10.1. The third-order valence-corrected chi connectivity index (χ3v) is 24.2. The van der Waals surface area contributed by atoms with Gasteiger partial charge in [0.05, 0.1) is 0 Å². The average Bonchev–Trinajstić information content (AvgIpc) is 2.81. The molecule has 0 saturated carbocycles. The third kappa shape index (κ3) is 22.1. The zero-order chi connectivity index (χ0) is 23.6. The van der Waals surface area contributed by atoms with Crippen molar-refractivity contribution in [3.63, 3.8) is 0 Å². The summed E-state index contributed by atoms with van der Waals surface area (Å²) in [6.45, 7) is 6.96. The largest absolute Gasteiger partial charge is 0.237 e. The smallest absolute Gasteiger partial charge is 0.179 e. The van der Waals surface area contributed by atoms with Gasteiger partial charge in [-0.1, -0.05) is 117 Å². The first kappa shape index (κ1) is 33.6. The Bertz CT molecular complexity index is 309. The van der Waals surface area contributed by atoms with Gasteiger partial charge in [0.25, 0.3) is 0 Å². The molecule has 0 aliphatic rings. The maximum absolute atomic E-state index is 4.60. The summed E-state index contributed by atoms with van der Waals surface area (Å²) in [7, 11) is 0. The summed E-state index contributed by atoms with van der Waals surface area (Å²) < 4.78 is 0. The van der Waals surface area contributed by atoms with E-state index in [2.05, 4.69) is 67.0 Å². The highest BCUT2D eigenvalue weighted by Gasteiger charge is 2.34. The molecule has 0 amide bonds. The van der Waals surface area contributed by atoms with E-state index in [1.165, 1.54) is 145 Å². The summed E-state index contributed by atoms with van der Waals surface area (Å²) in [5.41, 5.74) is -1.34. The van der Waals surface area contributed by atoms with E-state index >= 15 is 0 Å². The van der Waals surface area contributed by atoms with Gasteiger partial charge >= 0.3 is 0 Å². The van der Waals surface area contributed by atoms with Crippen molar-refractivity contribution in [1.29, 1.82) is 0 Å². The fourth-order valence-corrected chi connectivity index (χ4v) is 21.9. The SMILES string of the molecule is CCCCCCCCS[Si](CCCS)(SCCCCCCCC)SCCCCCCCC. The molecule has 0 rings (SSSR count). The molecule has 0 N–H and O–H groups in total. The van der Waals surface area contributed by atoms with E-state index < -0.39 is 5.52 Å². The van der Waals surface area contributed by atoms with E-state index in [9.17, 15) is 0 Å². The van der Waals surface area contributed by atoms with Crippen LogP contribution in [0, 0.1) is 0 Å². The first-order valence-electron chi connectivity index (χ1n) is 14.3. The minimum atomic E-state index is -1.34. The molecule has 0 bridgehead atoms. The molecule has 194 valence electrons. The monoisotopic (exact) mass is 538 g/mol. The summed E-state index contributed by atoms with van der Waals surface area (Å²) in [5, 5.41) is 0. The molecule has 0 radical (unpaired) electrons. The second kappa shape index (κ2) is 27.2. The van der Waals surface area contributed by atoms with Gasteiger partial charge in [-0.2, -0.15) is 46.3 Å². The molecule has 0 fully saturated rings. The fourth-order valence-electron chi connectivity index (χ4n) is 3.97. The molecule has 0 aliphatic heterocycles. The van der Waals surface area contributed by atoms with Crippen LogP contribution in [-0.4, -0.2) is 28.5 Å². The van der Waals surface area contributed by atoms with E-state index in [0.29, 0.717) is 0 Å². The lowest BCUT2D eigenvalue weighted by Gasteiger charge is -2.30. The Hall–Kier alpha value is 1.62. The van der Waals surface area contributed by atoms with E-state index in [4.69, 9.17) is 0 Å². The van der Waals surface area contributed by atoms with Crippen LogP contribution in [-0.2, 0) is 0 Å².